The predicted molar refractivity (Wildman–Crippen MR) is 114 cm³/mol. The Morgan fingerprint density at radius 2 is 2.00 bits per heavy atom. The molecule has 0 bridgehead atoms. The summed E-state index contributed by atoms with van der Waals surface area (Å²) in [5.41, 5.74) is 6.54. The second-order valence-electron chi connectivity index (χ2n) is 7.42. The number of nitrogens with two attached hydrogens (primary N) is 1. The van der Waals surface area contributed by atoms with Gasteiger partial charge in [-0.3, -0.25) is 9.59 Å². The molecule has 0 spiro atoms. The number of ketones is 2. The van der Waals surface area contributed by atoms with Crippen molar-refractivity contribution >= 4 is 51.4 Å². The Morgan fingerprint density at radius 3 is 2.63 bits per heavy atom. The lowest BCUT2D eigenvalue weighted by molar-refractivity contribution is 0.0972. The fraction of sp³-hybridized carbons (Fsp3) is 0.350. The van der Waals surface area contributed by atoms with Crippen LogP contribution in [0.1, 0.15) is 52.5 Å². The molecular formula is C20H23N3O2S2. The number of hydrogen-bond donors (Lipinski definition) is 2. The van der Waals surface area contributed by atoms with E-state index < -0.39 is 0 Å². The Labute approximate surface area is 168 Å². The Morgan fingerprint density at radius 1 is 1.26 bits per heavy atom. The Kier molecular flexibility index (Phi) is 5.44. The van der Waals surface area contributed by atoms with Crippen molar-refractivity contribution in [1.29, 1.82) is 0 Å². The highest BCUT2D eigenvalue weighted by Crippen LogP contribution is 2.29. The number of nitrogens with zero attached hydrogens (tertiary/aromatic N) is 2. The summed E-state index contributed by atoms with van der Waals surface area (Å²) in [5, 5.41) is 0.984. The van der Waals surface area contributed by atoms with Crippen LogP contribution in [-0.2, 0) is 13.5 Å². The lowest BCUT2D eigenvalue weighted by Crippen LogP contribution is -2.12. The van der Waals surface area contributed by atoms with E-state index in [4.69, 9.17) is 5.73 Å². The molecule has 0 radical (unpaired) electrons. The third-order valence-corrected chi connectivity index (χ3v) is 5.71. The molecule has 3 aromatic rings. The summed E-state index contributed by atoms with van der Waals surface area (Å²) in [6.45, 7) is 4.01. The van der Waals surface area contributed by atoms with Crippen molar-refractivity contribution in [2.75, 3.05) is 5.73 Å². The SMILES string of the molecule is Cn1cc(N)nc1C(=O)Cc1ccc2sc(C(=O)CCC(C)(C)S)cc2c1. The van der Waals surface area contributed by atoms with Gasteiger partial charge in [-0.1, -0.05) is 19.9 Å². The summed E-state index contributed by atoms with van der Waals surface area (Å²) < 4.78 is 2.52. The molecule has 0 aliphatic rings. The molecule has 3 rings (SSSR count). The molecule has 27 heavy (non-hydrogen) atoms. The number of aryl methyl sites for hydroxylation is 1. The average Bonchev–Trinajstić information content (AvgIpc) is 3.14. The minimum Gasteiger partial charge on any atom is -0.382 e. The Balaban J connectivity index is 1.76. The predicted octanol–water partition coefficient (Wildman–Crippen LogP) is 4.31. The van der Waals surface area contributed by atoms with Crippen LogP contribution in [0.5, 0.6) is 0 Å². The van der Waals surface area contributed by atoms with Gasteiger partial charge in [0.1, 0.15) is 5.82 Å². The van der Waals surface area contributed by atoms with Crippen molar-refractivity contribution in [2.24, 2.45) is 7.05 Å². The fourth-order valence-electron chi connectivity index (χ4n) is 2.90. The molecular weight excluding hydrogens is 378 g/mol. The van der Waals surface area contributed by atoms with Gasteiger partial charge in [-0.2, -0.15) is 12.6 Å². The van der Waals surface area contributed by atoms with Crippen molar-refractivity contribution in [3.05, 3.63) is 46.7 Å². The van der Waals surface area contributed by atoms with E-state index in [1.165, 1.54) is 11.3 Å². The highest BCUT2D eigenvalue weighted by atomic mass is 32.1. The van der Waals surface area contributed by atoms with Crippen molar-refractivity contribution in [3.8, 4) is 0 Å². The number of aromatic nitrogens is 2. The molecule has 0 saturated heterocycles. The fourth-order valence-corrected chi connectivity index (χ4v) is 4.02. The van der Waals surface area contributed by atoms with E-state index in [1.54, 1.807) is 17.8 Å². The number of benzene rings is 1. The van der Waals surface area contributed by atoms with Gasteiger partial charge in [-0.25, -0.2) is 4.98 Å². The second-order valence-corrected chi connectivity index (χ2v) is 9.71. The first-order valence-corrected chi connectivity index (χ1v) is 9.99. The van der Waals surface area contributed by atoms with E-state index in [2.05, 4.69) is 17.6 Å². The van der Waals surface area contributed by atoms with Crippen molar-refractivity contribution in [1.82, 2.24) is 9.55 Å². The summed E-state index contributed by atoms with van der Waals surface area (Å²) in [4.78, 5) is 29.8. The van der Waals surface area contributed by atoms with Crippen LogP contribution in [0.4, 0.5) is 5.82 Å². The molecule has 0 saturated carbocycles. The highest BCUT2D eigenvalue weighted by molar-refractivity contribution is 7.81. The maximum absolute atomic E-state index is 12.5. The van der Waals surface area contributed by atoms with Gasteiger partial charge in [0.05, 0.1) is 4.88 Å². The Bertz CT molecular complexity index is 1010. The quantitative estimate of drug-likeness (QED) is 0.457. The molecule has 2 heterocycles. The molecule has 0 amide bonds. The molecule has 2 aromatic heterocycles. The van der Waals surface area contributed by atoms with E-state index in [9.17, 15) is 9.59 Å². The minimum atomic E-state index is -0.158. The molecule has 0 aliphatic carbocycles. The van der Waals surface area contributed by atoms with Crippen LogP contribution in [0, 0.1) is 0 Å². The number of thiophene rings is 1. The smallest absolute Gasteiger partial charge is 0.202 e. The molecule has 1 aromatic carbocycles. The van der Waals surface area contributed by atoms with Crippen LogP contribution >= 0.6 is 24.0 Å². The van der Waals surface area contributed by atoms with Gasteiger partial charge >= 0.3 is 0 Å². The summed E-state index contributed by atoms with van der Waals surface area (Å²) in [6.07, 6.45) is 3.08. The third kappa shape index (κ3) is 4.78. The standard InChI is InChI=1S/C20H23N3O2S2/c1-20(2,26)7-6-14(24)17-10-13-8-12(4-5-16(13)27-17)9-15(25)19-22-18(21)11-23(19)3/h4-5,8,10-11,26H,6-7,9,21H2,1-3H3. The van der Waals surface area contributed by atoms with Crippen molar-refractivity contribution in [2.45, 2.75) is 37.9 Å². The van der Waals surface area contributed by atoms with Crippen molar-refractivity contribution in [3.63, 3.8) is 0 Å². The Hall–Kier alpha value is -2.12. The molecule has 5 nitrogen and oxygen atoms in total. The summed E-state index contributed by atoms with van der Waals surface area (Å²) in [7, 11) is 1.75. The molecule has 2 N–H and O–H groups in total. The number of carbonyl (C=O) groups excluding carboxylic acids is 2. The highest BCUT2D eigenvalue weighted by Gasteiger charge is 2.18. The van der Waals surface area contributed by atoms with Crippen LogP contribution in [0.25, 0.3) is 10.1 Å². The first-order valence-electron chi connectivity index (χ1n) is 8.72. The third-order valence-electron chi connectivity index (χ3n) is 4.33. The number of hydrogen-bond acceptors (Lipinski definition) is 6. The van der Waals surface area contributed by atoms with E-state index in [-0.39, 0.29) is 22.7 Å². The van der Waals surface area contributed by atoms with Gasteiger partial charge in [0, 0.05) is 35.5 Å². The zero-order valence-electron chi connectivity index (χ0n) is 15.7. The number of imidazole rings is 1. The van der Waals surface area contributed by atoms with Crippen LogP contribution in [0.3, 0.4) is 0 Å². The van der Waals surface area contributed by atoms with E-state index in [0.29, 0.717) is 18.1 Å². The number of Topliss-reactive ketones (excluding diaryl/α,β-unsaturated/α-hetero) is 2. The molecule has 7 heteroatoms. The number of rotatable bonds is 7. The summed E-state index contributed by atoms with van der Waals surface area (Å²) in [6, 6.07) is 7.78. The van der Waals surface area contributed by atoms with Crippen LogP contribution in [0.15, 0.2) is 30.5 Å². The van der Waals surface area contributed by atoms with Gasteiger partial charge in [0.2, 0.25) is 5.78 Å². The van der Waals surface area contributed by atoms with Crippen LogP contribution in [-0.4, -0.2) is 25.9 Å². The summed E-state index contributed by atoms with van der Waals surface area (Å²) >= 11 is 5.97. The molecule has 0 fully saturated rings. The topological polar surface area (TPSA) is 78.0 Å². The first kappa shape index (κ1) is 19.6. The maximum atomic E-state index is 12.5. The van der Waals surface area contributed by atoms with E-state index >= 15 is 0 Å². The minimum absolute atomic E-state index is 0.0870. The maximum Gasteiger partial charge on any atom is 0.202 e. The van der Waals surface area contributed by atoms with Crippen molar-refractivity contribution < 1.29 is 9.59 Å². The van der Waals surface area contributed by atoms with E-state index in [0.717, 1.165) is 26.9 Å². The zero-order valence-corrected chi connectivity index (χ0v) is 17.4. The molecule has 0 unspecified atom stereocenters. The van der Waals surface area contributed by atoms with Gasteiger partial charge in [-0.05, 0) is 35.6 Å². The molecule has 0 aliphatic heterocycles. The normalized spacial score (nSPS) is 11.9. The number of fused-ring (bicyclic) bond motifs is 1. The van der Waals surface area contributed by atoms with Gasteiger partial charge in [0.15, 0.2) is 11.6 Å². The summed E-state index contributed by atoms with van der Waals surface area (Å²) in [5.74, 6) is 0.736. The second kappa shape index (κ2) is 7.48. The van der Waals surface area contributed by atoms with E-state index in [1.807, 2.05) is 38.1 Å². The van der Waals surface area contributed by atoms with Gasteiger partial charge in [-0.15, -0.1) is 11.3 Å². The average molecular weight is 402 g/mol. The zero-order chi connectivity index (χ0) is 19.8. The number of nitrogen functional groups attached to an aromatic ring is 1. The lowest BCUT2D eigenvalue weighted by Gasteiger charge is -2.15. The molecule has 0 atom stereocenters. The number of carbonyl (C=O) groups is 2. The largest absolute Gasteiger partial charge is 0.382 e. The van der Waals surface area contributed by atoms with Crippen LogP contribution < -0.4 is 5.73 Å². The molecule has 142 valence electrons. The monoisotopic (exact) mass is 401 g/mol. The van der Waals surface area contributed by atoms with Gasteiger partial charge < -0.3 is 10.3 Å². The first-order chi connectivity index (χ1) is 12.6. The number of thiol groups is 1. The van der Waals surface area contributed by atoms with Crippen LogP contribution in [0.2, 0.25) is 0 Å². The lowest BCUT2D eigenvalue weighted by atomic mass is 10.0. The van der Waals surface area contributed by atoms with Gasteiger partial charge in [0.25, 0.3) is 0 Å². The number of anilines is 1.